The third-order valence-corrected chi connectivity index (χ3v) is 5.23. The first kappa shape index (κ1) is 18.6. The molecule has 1 aromatic carbocycles. The van der Waals surface area contributed by atoms with E-state index in [1.165, 1.54) is 0 Å². The topological polar surface area (TPSA) is 59.4 Å². The molecule has 6 nitrogen and oxygen atoms in total. The second-order valence-corrected chi connectivity index (χ2v) is 7.51. The van der Waals surface area contributed by atoms with Crippen LogP contribution in [-0.2, 0) is 13.1 Å². The van der Waals surface area contributed by atoms with Crippen LogP contribution in [0.3, 0.4) is 0 Å². The molecule has 0 unspecified atom stereocenters. The summed E-state index contributed by atoms with van der Waals surface area (Å²) in [6.45, 7) is 4.00. The summed E-state index contributed by atoms with van der Waals surface area (Å²) < 4.78 is 7.50. The molecular formula is C19H25ClN4O2. The molecule has 3 rings (SSSR count). The highest BCUT2D eigenvalue weighted by Gasteiger charge is 2.43. The van der Waals surface area contributed by atoms with Crippen molar-refractivity contribution in [1.29, 1.82) is 0 Å². The fourth-order valence-corrected chi connectivity index (χ4v) is 3.29. The zero-order valence-electron chi connectivity index (χ0n) is 15.5. The summed E-state index contributed by atoms with van der Waals surface area (Å²) in [6.07, 6.45) is 6.05. The highest BCUT2D eigenvalue weighted by Crippen LogP contribution is 2.46. The van der Waals surface area contributed by atoms with E-state index < -0.39 is 0 Å². The predicted octanol–water partition coefficient (Wildman–Crippen LogP) is 3.48. The Labute approximate surface area is 159 Å². The third-order valence-electron chi connectivity index (χ3n) is 5.00. The van der Waals surface area contributed by atoms with Crippen LogP contribution in [-0.4, -0.2) is 41.2 Å². The van der Waals surface area contributed by atoms with Crippen molar-refractivity contribution < 1.29 is 9.53 Å². The fourth-order valence-electron chi connectivity index (χ4n) is 3.10. The lowest BCUT2D eigenvalue weighted by atomic mass is 10.1. The molecule has 140 valence electrons. The molecule has 1 fully saturated rings. The van der Waals surface area contributed by atoms with Crippen LogP contribution in [0.2, 0.25) is 5.02 Å². The lowest BCUT2D eigenvalue weighted by Gasteiger charge is -2.22. The number of carbonyl (C=O) groups is 1. The quantitative estimate of drug-likeness (QED) is 0.804. The molecule has 1 aliphatic carbocycles. The van der Waals surface area contributed by atoms with Gasteiger partial charge in [0.15, 0.2) is 0 Å². The molecule has 1 saturated carbocycles. The van der Waals surface area contributed by atoms with E-state index in [2.05, 4.69) is 14.9 Å². The maximum absolute atomic E-state index is 12.5. The van der Waals surface area contributed by atoms with E-state index in [-0.39, 0.29) is 11.4 Å². The second-order valence-electron chi connectivity index (χ2n) is 7.07. The molecule has 0 spiro atoms. The normalized spacial score (nSPS) is 14.8. The molecule has 2 amide bonds. The Hall–Kier alpha value is -2.21. The van der Waals surface area contributed by atoms with Gasteiger partial charge in [0.2, 0.25) is 0 Å². The monoisotopic (exact) mass is 376 g/mol. The van der Waals surface area contributed by atoms with Crippen LogP contribution in [0.25, 0.3) is 0 Å². The highest BCUT2D eigenvalue weighted by molar-refractivity contribution is 6.30. The van der Waals surface area contributed by atoms with Crippen LogP contribution in [0.4, 0.5) is 4.79 Å². The summed E-state index contributed by atoms with van der Waals surface area (Å²) in [6, 6.07) is 5.32. The number of methoxy groups -OCH3 is 1. The van der Waals surface area contributed by atoms with Crippen LogP contribution >= 0.6 is 11.6 Å². The number of aromatic nitrogens is 2. The Bertz CT molecular complexity index is 786. The van der Waals surface area contributed by atoms with Gasteiger partial charge >= 0.3 is 6.03 Å². The number of nitrogens with one attached hydrogen (secondary N) is 1. The number of imidazole rings is 1. The van der Waals surface area contributed by atoms with E-state index in [4.69, 9.17) is 16.3 Å². The van der Waals surface area contributed by atoms with Gasteiger partial charge in [0.1, 0.15) is 11.6 Å². The minimum Gasteiger partial charge on any atom is -0.496 e. The molecular weight excluding hydrogens is 352 g/mol. The van der Waals surface area contributed by atoms with Gasteiger partial charge in [0.05, 0.1) is 13.7 Å². The Morgan fingerprint density at radius 3 is 2.85 bits per heavy atom. The van der Waals surface area contributed by atoms with Gasteiger partial charge in [-0.15, -0.1) is 0 Å². The lowest BCUT2D eigenvalue weighted by molar-refractivity contribution is 0.202. The van der Waals surface area contributed by atoms with Crippen molar-refractivity contribution in [3.63, 3.8) is 0 Å². The summed E-state index contributed by atoms with van der Waals surface area (Å²) in [4.78, 5) is 18.4. The number of urea groups is 1. The smallest absolute Gasteiger partial charge is 0.317 e. The van der Waals surface area contributed by atoms with Crippen LogP contribution in [0, 0.1) is 12.3 Å². The van der Waals surface area contributed by atoms with Crippen molar-refractivity contribution >= 4 is 17.6 Å². The molecule has 1 heterocycles. The molecule has 0 radical (unpaired) electrons. The summed E-state index contributed by atoms with van der Waals surface area (Å²) >= 11 is 6.06. The fraction of sp³-hybridized carbons (Fsp3) is 0.474. The van der Waals surface area contributed by atoms with Crippen LogP contribution in [0.1, 0.15) is 24.2 Å². The Morgan fingerprint density at radius 2 is 2.23 bits per heavy atom. The van der Waals surface area contributed by atoms with Gasteiger partial charge in [-0.1, -0.05) is 11.6 Å². The molecule has 0 saturated heterocycles. The lowest BCUT2D eigenvalue weighted by Crippen LogP contribution is -2.40. The van der Waals surface area contributed by atoms with Crippen LogP contribution in [0.5, 0.6) is 5.75 Å². The van der Waals surface area contributed by atoms with Crippen molar-refractivity contribution in [3.8, 4) is 5.75 Å². The van der Waals surface area contributed by atoms with Gasteiger partial charge in [-0.3, -0.25) is 0 Å². The molecule has 1 aromatic heterocycles. The molecule has 2 aromatic rings. The predicted molar refractivity (Wildman–Crippen MR) is 102 cm³/mol. The van der Waals surface area contributed by atoms with Crippen molar-refractivity contribution in [2.45, 2.75) is 32.9 Å². The minimum absolute atomic E-state index is 0.0966. The van der Waals surface area contributed by atoms with Crippen molar-refractivity contribution in [1.82, 2.24) is 19.8 Å². The van der Waals surface area contributed by atoms with E-state index in [1.54, 1.807) is 25.1 Å². The molecule has 0 atom stereocenters. The first-order valence-electron chi connectivity index (χ1n) is 8.72. The number of ether oxygens (including phenoxy) is 1. The zero-order valence-corrected chi connectivity index (χ0v) is 16.2. The van der Waals surface area contributed by atoms with E-state index in [1.807, 2.05) is 31.5 Å². The van der Waals surface area contributed by atoms with Crippen molar-refractivity contribution in [2.24, 2.45) is 5.41 Å². The van der Waals surface area contributed by atoms with Gasteiger partial charge in [-0.05, 0) is 38.0 Å². The largest absolute Gasteiger partial charge is 0.496 e. The number of hydrogen-bond donors (Lipinski definition) is 1. The first-order chi connectivity index (χ1) is 12.4. The number of hydrogen-bond acceptors (Lipinski definition) is 3. The van der Waals surface area contributed by atoms with Crippen LogP contribution < -0.4 is 10.1 Å². The van der Waals surface area contributed by atoms with Gasteiger partial charge in [-0.25, -0.2) is 9.78 Å². The van der Waals surface area contributed by atoms with Gasteiger partial charge in [-0.2, -0.15) is 0 Å². The zero-order chi connectivity index (χ0) is 18.7. The second kappa shape index (κ2) is 7.58. The molecule has 7 heteroatoms. The van der Waals surface area contributed by atoms with Gasteiger partial charge < -0.3 is 19.5 Å². The van der Waals surface area contributed by atoms with E-state index >= 15 is 0 Å². The van der Waals surface area contributed by atoms with Gasteiger partial charge in [0, 0.05) is 48.5 Å². The standard InChI is InChI=1S/C19H25ClN4O2/c1-14-21-8-9-24(14)13-19(6-7-19)12-22-18(25)23(2)11-15-10-16(20)4-5-17(15)26-3/h4-5,8-10H,6-7,11-13H2,1-3H3,(H,22,25). The minimum atomic E-state index is -0.0966. The van der Waals surface area contributed by atoms with Crippen LogP contribution in [0.15, 0.2) is 30.6 Å². The van der Waals surface area contributed by atoms with Crippen molar-refractivity contribution in [3.05, 3.63) is 47.0 Å². The van der Waals surface area contributed by atoms with E-state index in [9.17, 15) is 4.79 Å². The number of benzene rings is 1. The number of halogens is 1. The SMILES string of the molecule is COc1ccc(Cl)cc1CN(C)C(=O)NCC1(Cn2ccnc2C)CC1. The van der Waals surface area contributed by atoms with Gasteiger partial charge in [0.25, 0.3) is 0 Å². The van der Waals surface area contributed by atoms with E-state index in [0.29, 0.717) is 18.1 Å². The first-order valence-corrected chi connectivity index (χ1v) is 9.09. The van der Waals surface area contributed by atoms with Crippen molar-refractivity contribution in [2.75, 3.05) is 20.7 Å². The number of rotatable bonds is 7. The molecule has 1 aliphatic rings. The number of amides is 2. The summed E-state index contributed by atoms with van der Waals surface area (Å²) in [5.41, 5.74) is 1.03. The van der Waals surface area contributed by atoms with E-state index in [0.717, 1.165) is 36.5 Å². The number of aryl methyl sites for hydroxylation is 1. The summed E-state index contributed by atoms with van der Waals surface area (Å²) in [5.74, 6) is 1.73. The summed E-state index contributed by atoms with van der Waals surface area (Å²) in [7, 11) is 3.39. The highest BCUT2D eigenvalue weighted by atomic mass is 35.5. The Kier molecular flexibility index (Phi) is 5.41. The molecule has 1 N–H and O–H groups in total. The number of carbonyl (C=O) groups excluding carboxylic acids is 1. The summed E-state index contributed by atoms with van der Waals surface area (Å²) in [5, 5.41) is 3.70. The molecule has 26 heavy (non-hydrogen) atoms. The average Bonchev–Trinajstić information content (AvgIpc) is 3.27. The maximum Gasteiger partial charge on any atom is 0.317 e. The molecule has 0 aliphatic heterocycles. The maximum atomic E-state index is 12.5. The average molecular weight is 377 g/mol. The third kappa shape index (κ3) is 4.30. The number of nitrogens with zero attached hydrogens (tertiary/aromatic N) is 3. The Balaban J connectivity index is 1.55. The Morgan fingerprint density at radius 1 is 1.46 bits per heavy atom. The molecule has 0 bridgehead atoms.